The fourth-order valence-electron chi connectivity index (χ4n) is 1.53. The minimum atomic E-state index is -1.14. The number of halogens is 1. The summed E-state index contributed by atoms with van der Waals surface area (Å²) in [6.45, 7) is 3.79. The molecule has 1 aromatic rings. The summed E-state index contributed by atoms with van der Waals surface area (Å²) < 4.78 is 0. The number of hydrogen-bond donors (Lipinski definition) is 3. The molecule has 0 spiro atoms. The largest absolute Gasteiger partial charge is 0.478 e. The van der Waals surface area contributed by atoms with Gasteiger partial charge < -0.3 is 16.2 Å². The second-order valence-electron chi connectivity index (χ2n) is 4.40. The fourth-order valence-corrected chi connectivity index (χ4v) is 1.71. The molecular weight excluding hydrogens is 268 g/mol. The van der Waals surface area contributed by atoms with Crippen LogP contribution in [0.2, 0.25) is 5.02 Å². The van der Waals surface area contributed by atoms with E-state index in [2.05, 4.69) is 5.32 Å². The van der Waals surface area contributed by atoms with Crippen LogP contribution >= 0.6 is 11.6 Å². The van der Waals surface area contributed by atoms with Crippen molar-refractivity contribution in [1.29, 1.82) is 0 Å². The molecule has 0 saturated carbocycles. The van der Waals surface area contributed by atoms with E-state index in [0.717, 1.165) is 6.42 Å². The number of rotatable bonds is 5. The standard InChI is InChI=1S/C13H17ClN2O3/c1-3-7(2)11(15)12(17)16-10-6-8(14)4-5-9(10)13(18)19/h4-7,11H,3,15H2,1-2H3,(H,16,17)(H,18,19)/t7-,11-/m0/s1. The van der Waals surface area contributed by atoms with Gasteiger partial charge in [0.2, 0.25) is 5.91 Å². The minimum Gasteiger partial charge on any atom is -0.478 e. The predicted octanol–water partition coefficient (Wildman–Crippen LogP) is 2.35. The summed E-state index contributed by atoms with van der Waals surface area (Å²) in [5.41, 5.74) is 5.93. The van der Waals surface area contributed by atoms with E-state index in [4.69, 9.17) is 22.4 Å². The molecule has 0 unspecified atom stereocenters. The van der Waals surface area contributed by atoms with Gasteiger partial charge in [-0.1, -0.05) is 31.9 Å². The van der Waals surface area contributed by atoms with Crippen molar-refractivity contribution in [2.24, 2.45) is 11.7 Å². The van der Waals surface area contributed by atoms with Crippen molar-refractivity contribution < 1.29 is 14.7 Å². The summed E-state index contributed by atoms with van der Waals surface area (Å²) >= 11 is 5.80. The van der Waals surface area contributed by atoms with E-state index >= 15 is 0 Å². The molecule has 6 heteroatoms. The van der Waals surface area contributed by atoms with E-state index in [1.165, 1.54) is 18.2 Å². The fraction of sp³-hybridized carbons (Fsp3) is 0.385. The molecule has 1 amide bonds. The van der Waals surface area contributed by atoms with Crippen LogP contribution in [-0.4, -0.2) is 23.0 Å². The predicted molar refractivity (Wildman–Crippen MR) is 74.5 cm³/mol. The zero-order valence-corrected chi connectivity index (χ0v) is 11.6. The van der Waals surface area contributed by atoms with Crippen LogP contribution in [0.4, 0.5) is 5.69 Å². The Morgan fingerprint density at radius 2 is 2.11 bits per heavy atom. The average molecular weight is 285 g/mol. The summed E-state index contributed by atoms with van der Waals surface area (Å²) in [5, 5.41) is 11.9. The summed E-state index contributed by atoms with van der Waals surface area (Å²) in [6.07, 6.45) is 0.760. The monoisotopic (exact) mass is 284 g/mol. The van der Waals surface area contributed by atoms with Gasteiger partial charge >= 0.3 is 5.97 Å². The van der Waals surface area contributed by atoms with Gasteiger partial charge in [0, 0.05) is 5.02 Å². The van der Waals surface area contributed by atoms with Crippen LogP contribution in [0.3, 0.4) is 0 Å². The number of nitrogens with one attached hydrogen (secondary N) is 1. The van der Waals surface area contributed by atoms with Gasteiger partial charge in [-0.15, -0.1) is 0 Å². The molecule has 0 aliphatic rings. The summed E-state index contributed by atoms with van der Waals surface area (Å²) in [5.74, 6) is -1.55. The number of carboxylic acids is 1. The number of anilines is 1. The molecule has 0 aliphatic carbocycles. The Morgan fingerprint density at radius 1 is 1.47 bits per heavy atom. The number of carboxylic acid groups (broad SMARTS) is 1. The number of benzene rings is 1. The van der Waals surface area contributed by atoms with E-state index in [9.17, 15) is 9.59 Å². The van der Waals surface area contributed by atoms with Gasteiger partial charge in [-0.05, 0) is 24.1 Å². The second kappa shape index (κ2) is 6.54. The lowest BCUT2D eigenvalue weighted by Gasteiger charge is -2.18. The van der Waals surface area contributed by atoms with Crippen LogP contribution in [0.25, 0.3) is 0 Å². The maximum absolute atomic E-state index is 11.9. The highest BCUT2D eigenvalue weighted by Crippen LogP contribution is 2.21. The summed E-state index contributed by atoms with van der Waals surface area (Å²) in [7, 11) is 0. The first-order valence-electron chi connectivity index (χ1n) is 5.96. The third-order valence-electron chi connectivity index (χ3n) is 3.03. The van der Waals surface area contributed by atoms with Gasteiger partial charge in [0.1, 0.15) is 0 Å². The molecule has 19 heavy (non-hydrogen) atoms. The molecule has 104 valence electrons. The van der Waals surface area contributed by atoms with Gasteiger partial charge in [0.15, 0.2) is 0 Å². The molecule has 0 heterocycles. The lowest BCUT2D eigenvalue weighted by atomic mass is 9.99. The van der Waals surface area contributed by atoms with E-state index < -0.39 is 17.9 Å². The SMILES string of the molecule is CC[C@H](C)[C@H](N)C(=O)Nc1cc(Cl)ccc1C(=O)O. The Labute approximate surface area is 116 Å². The van der Waals surface area contributed by atoms with E-state index in [1.54, 1.807) is 0 Å². The molecule has 1 aromatic carbocycles. The molecule has 4 N–H and O–H groups in total. The zero-order chi connectivity index (χ0) is 14.6. The summed E-state index contributed by atoms with van der Waals surface area (Å²) in [4.78, 5) is 23.0. The topological polar surface area (TPSA) is 92.4 Å². The first kappa shape index (κ1) is 15.5. The molecule has 5 nitrogen and oxygen atoms in total. The molecule has 0 saturated heterocycles. The van der Waals surface area contributed by atoms with E-state index in [0.29, 0.717) is 5.02 Å². The highest BCUT2D eigenvalue weighted by molar-refractivity contribution is 6.31. The van der Waals surface area contributed by atoms with Gasteiger partial charge in [0.05, 0.1) is 17.3 Å². The van der Waals surface area contributed by atoms with Crippen LogP contribution < -0.4 is 11.1 Å². The van der Waals surface area contributed by atoms with Crippen molar-refractivity contribution >= 4 is 29.2 Å². The quantitative estimate of drug-likeness (QED) is 0.774. The van der Waals surface area contributed by atoms with E-state index in [-0.39, 0.29) is 17.2 Å². The molecule has 0 aliphatic heterocycles. The molecule has 0 fully saturated rings. The van der Waals surface area contributed by atoms with Crippen molar-refractivity contribution in [2.75, 3.05) is 5.32 Å². The lowest BCUT2D eigenvalue weighted by Crippen LogP contribution is -2.40. The van der Waals surface area contributed by atoms with Crippen LogP contribution in [0.15, 0.2) is 18.2 Å². The van der Waals surface area contributed by atoms with Gasteiger partial charge in [-0.25, -0.2) is 4.79 Å². The molecule has 0 aromatic heterocycles. The Balaban J connectivity index is 2.95. The number of aromatic carboxylic acids is 1. The normalized spacial score (nSPS) is 13.7. The van der Waals surface area contributed by atoms with Gasteiger partial charge in [-0.2, -0.15) is 0 Å². The van der Waals surface area contributed by atoms with Crippen molar-refractivity contribution in [3.05, 3.63) is 28.8 Å². The highest BCUT2D eigenvalue weighted by Gasteiger charge is 2.21. The Morgan fingerprint density at radius 3 is 2.63 bits per heavy atom. The zero-order valence-electron chi connectivity index (χ0n) is 10.8. The third kappa shape index (κ3) is 3.94. The smallest absolute Gasteiger partial charge is 0.337 e. The third-order valence-corrected chi connectivity index (χ3v) is 3.26. The number of carbonyl (C=O) groups excluding carboxylic acids is 1. The van der Waals surface area contributed by atoms with E-state index in [1.807, 2.05) is 13.8 Å². The first-order chi connectivity index (χ1) is 8.86. The maximum Gasteiger partial charge on any atom is 0.337 e. The first-order valence-corrected chi connectivity index (χ1v) is 6.33. The van der Waals surface area contributed by atoms with Crippen LogP contribution in [0, 0.1) is 5.92 Å². The maximum atomic E-state index is 11.9. The van der Waals surface area contributed by atoms with Crippen molar-refractivity contribution in [2.45, 2.75) is 26.3 Å². The van der Waals surface area contributed by atoms with Crippen molar-refractivity contribution in [1.82, 2.24) is 0 Å². The van der Waals surface area contributed by atoms with Crippen molar-refractivity contribution in [3.8, 4) is 0 Å². The Hall–Kier alpha value is -1.59. The average Bonchev–Trinajstić information content (AvgIpc) is 2.36. The van der Waals surface area contributed by atoms with Crippen molar-refractivity contribution in [3.63, 3.8) is 0 Å². The minimum absolute atomic E-state index is 0.00691. The molecular formula is C13H17ClN2O3. The highest BCUT2D eigenvalue weighted by atomic mass is 35.5. The van der Waals surface area contributed by atoms with Crippen LogP contribution in [0.5, 0.6) is 0 Å². The number of hydrogen-bond acceptors (Lipinski definition) is 3. The number of carbonyl (C=O) groups is 2. The summed E-state index contributed by atoms with van der Waals surface area (Å²) in [6, 6.07) is 3.50. The molecule has 2 atom stereocenters. The Bertz CT molecular complexity index is 491. The Kier molecular flexibility index (Phi) is 5.32. The number of nitrogens with two attached hydrogens (primary N) is 1. The van der Waals surface area contributed by atoms with Gasteiger partial charge in [-0.3, -0.25) is 4.79 Å². The van der Waals surface area contributed by atoms with Crippen LogP contribution in [-0.2, 0) is 4.79 Å². The number of amides is 1. The van der Waals surface area contributed by atoms with Gasteiger partial charge in [0.25, 0.3) is 0 Å². The second-order valence-corrected chi connectivity index (χ2v) is 4.83. The molecule has 1 rings (SSSR count). The molecule has 0 bridgehead atoms. The lowest BCUT2D eigenvalue weighted by molar-refractivity contribution is -0.118. The molecule has 0 radical (unpaired) electrons. The van der Waals surface area contributed by atoms with Crippen LogP contribution in [0.1, 0.15) is 30.6 Å².